The summed E-state index contributed by atoms with van der Waals surface area (Å²) < 4.78 is 5.07. The van der Waals surface area contributed by atoms with E-state index in [4.69, 9.17) is 16.3 Å². The fourth-order valence-corrected chi connectivity index (χ4v) is 2.23. The van der Waals surface area contributed by atoms with Gasteiger partial charge in [0, 0.05) is 19.0 Å². The van der Waals surface area contributed by atoms with E-state index in [9.17, 15) is 14.9 Å². The van der Waals surface area contributed by atoms with E-state index in [0.29, 0.717) is 24.2 Å². The standard InChI is InChI=1S/C18H16ClN3O4/c1-13-15(11-16(22(24)25)17(19)21-13)9-5-6-10-20-18(23)26-12-14-7-3-2-4-8-14/h2-4,7-8,11H,6,10,12H2,1H3,(H,20,23). The van der Waals surface area contributed by atoms with E-state index in [2.05, 4.69) is 22.1 Å². The number of carbonyl (C=O) groups excluding carboxylic acids is 1. The summed E-state index contributed by atoms with van der Waals surface area (Å²) in [6, 6.07) is 10.6. The number of rotatable bonds is 5. The van der Waals surface area contributed by atoms with Crippen molar-refractivity contribution in [3.05, 3.63) is 68.5 Å². The van der Waals surface area contributed by atoms with Gasteiger partial charge < -0.3 is 10.1 Å². The number of benzene rings is 1. The lowest BCUT2D eigenvalue weighted by molar-refractivity contribution is -0.385. The number of aromatic nitrogens is 1. The molecule has 8 heteroatoms. The van der Waals surface area contributed by atoms with Crippen molar-refractivity contribution in [1.29, 1.82) is 0 Å². The second-order valence-corrected chi connectivity index (χ2v) is 5.59. The van der Waals surface area contributed by atoms with Crippen molar-refractivity contribution >= 4 is 23.4 Å². The molecule has 1 aromatic carbocycles. The van der Waals surface area contributed by atoms with Crippen molar-refractivity contribution in [3.8, 4) is 11.8 Å². The molecule has 0 fully saturated rings. The molecule has 0 unspecified atom stereocenters. The molecule has 0 atom stereocenters. The third kappa shape index (κ3) is 5.76. The summed E-state index contributed by atoms with van der Waals surface area (Å²) in [6.07, 6.45) is -0.174. The molecule has 0 saturated heterocycles. The van der Waals surface area contributed by atoms with Crippen molar-refractivity contribution in [2.24, 2.45) is 0 Å². The number of nitrogens with zero attached hydrogens (tertiary/aromatic N) is 2. The highest BCUT2D eigenvalue weighted by molar-refractivity contribution is 6.31. The summed E-state index contributed by atoms with van der Waals surface area (Å²) in [4.78, 5) is 25.8. The average molecular weight is 374 g/mol. The number of carbonyl (C=O) groups is 1. The minimum Gasteiger partial charge on any atom is -0.445 e. The third-order valence-corrected chi connectivity index (χ3v) is 3.58. The summed E-state index contributed by atoms with van der Waals surface area (Å²) >= 11 is 5.73. The van der Waals surface area contributed by atoms with Gasteiger partial charge in [0.05, 0.1) is 16.2 Å². The first-order valence-electron chi connectivity index (χ1n) is 7.72. The maximum Gasteiger partial charge on any atom is 0.407 e. The van der Waals surface area contributed by atoms with Crippen LogP contribution in [0.25, 0.3) is 0 Å². The second-order valence-electron chi connectivity index (χ2n) is 5.23. The van der Waals surface area contributed by atoms with E-state index < -0.39 is 11.0 Å². The molecule has 0 aliphatic heterocycles. The van der Waals surface area contributed by atoms with Gasteiger partial charge >= 0.3 is 11.8 Å². The van der Waals surface area contributed by atoms with Crippen LogP contribution in [0.1, 0.15) is 23.2 Å². The zero-order valence-electron chi connectivity index (χ0n) is 14.0. The van der Waals surface area contributed by atoms with Crippen molar-refractivity contribution in [1.82, 2.24) is 10.3 Å². The van der Waals surface area contributed by atoms with Crippen molar-refractivity contribution in [3.63, 3.8) is 0 Å². The van der Waals surface area contributed by atoms with Crippen molar-refractivity contribution in [2.45, 2.75) is 20.0 Å². The fourth-order valence-electron chi connectivity index (χ4n) is 1.98. The van der Waals surface area contributed by atoms with Gasteiger partial charge in [-0.15, -0.1) is 0 Å². The van der Waals surface area contributed by atoms with Gasteiger partial charge in [-0.05, 0) is 12.5 Å². The van der Waals surface area contributed by atoms with Crippen LogP contribution < -0.4 is 5.32 Å². The maximum absolute atomic E-state index is 11.6. The summed E-state index contributed by atoms with van der Waals surface area (Å²) in [5.74, 6) is 5.63. The molecule has 0 spiro atoms. The highest BCUT2D eigenvalue weighted by atomic mass is 35.5. The number of alkyl carbamates (subject to hydrolysis) is 1. The van der Waals surface area contributed by atoms with Crippen molar-refractivity contribution < 1.29 is 14.5 Å². The summed E-state index contributed by atoms with van der Waals surface area (Å²) in [5, 5.41) is 13.3. The van der Waals surface area contributed by atoms with E-state index in [-0.39, 0.29) is 17.4 Å². The van der Waals surface area contributed by atoms with E-state index in [1.165, 1.54) is 6.07 Å². The molecule has 2 aromatic rings. The molecular formula is C18H16ClN3O4. The van der Waals surface area contributed by atoms with Gasteiger partial charge in [0.2, 0.25) is 5.15 Å². The number of amides is 1. The first-order valence-corrected chi connectivity index (χ1v) is 8.10. The summed E-state index contributed by atoms with van der Waals surface area (Å²) in [6.45, 7) is 2.15. The SMILES string of the molecule is Cc1nc(Cl)c([N+](=O)[O-])cc1C#CCCNC(=O)OCc1ccccc1. The van der Waals surface area contributed by atoms with Gasteiger partial charge in [0.25, 0.3) is 0 Å². The summed E-state index contributed by atoms with van der Waals surface area (Å²) in [5.41, 5.74) is 1.54. The Balaban J connectivity index is 1.81. The Labute approximate surface area is 155 Å². The van der Waals surface area contributed by atoms with Crippen LogP contribution in [-0.2, 0) is 11.3 Å². The van der Waals surface area contributed by atoms with Gasteiger partial charge in [-0.25, -0.2) is 9.78 Å². The van der Waals surface area contributed by atoms with Crippen LogP contribution in [0.4, 0.5) is 10.5 Å². The van der Waals surface area contributed by atoms with Gasteiger partial charge in [0.15, 0.2) is 0 Å². The molecule has 0 radical (unpaired) electrons. The molecule has 1 amide bonds. The molecule has 0 saturated carbocycles. The number of ether oxygens (including phenoxy) is 1. The molecule has 1 heterocycles. The van der Waals surface area contributed by atoms with E-state index in [1.54, 1.807) is 6.92 Å². The van der Waals surface area contributed by atoms with E-state index in [1.807, 2.05) is 30.3 Å². The van der Waals surface area contributed by atoms with Crippen LogP contribution >= 0.6 is 11.6 Å². The molecule has 0 aliphatic rings. The Morgan fingerprint density at radius 1 is 1.38 bits per heavy atom. The number of hydrogen-bond acceptors (Lipinski definition) is 5. The molecule has 134 valence electrons. The van der Waals surface area contributed by atoms with Gasteiger partial charge in [-0.1, -0.05) is 53.8 Å². The third-order valence-electron chi connectivity index (χ3n) is 3.30. The predicted octanol–water partition coefficient (Wildman–Crippen LogP) is 3.62. The Bertz CT molecular complexity index is 860. The van der Waals surface area contributed by atoms with Crippen molar-refractivity contribution in [2.75, 3.05) is 6.54 Å². The van der Waals surface area contributed by atoms with Crippen LogP contribution in [0, 0.1) is 28.9 Å². The molecule has 2 rings (SSSR count). The lowest BCUT2D eigenvalue weighted by Gasteiger charge is -2.05. The number of halogens is 1. The van der Waals surface area contributed by atoms with Crippen LogP contribution in [0.3, 0.4) is 0 Å². The Hall–Kier alpha value is -3.11. The maximum atomic E-state index is 11.6. The Morgan fingerprint density at radius 2 is 2.12 bits per heavy atom. The van der Waals surface area contributed by atoms with Gasteiger partial charge in [-0.3, -0.25) is 10.1 Å². The minimum absolute atomic E-state index is 0.166. The largest absolute Gasteiger partial charge is 0.445 e. The monoisotopic (exact) mass is 373 g/mol. The van der Waals surface area contributed by atoms with Gasteiger partial charge in [0.1, 0.15) is 6.61 Å². The number of hydrogen-bond donors (Lipinski definition) is 1. The smallest absolute Gasteiger partial charge is 0.407 e. The van der Waals surface area contributed by atoms with Crippen LogP contribution in [0.5, 0.6) is 0 Å². The molecule has 0 bridgehead atoms. The molecule has 1 N–H and O–H groups in total. The first-order chi connectivity index (χ1) is 12.5. The van der Waals surface area contributed by atoms with Crippen LogP contribution in [0.2, 0.25) is 5.15 Å². The predicted molar refractivity (Wildman–Crippen MR) is 96.8 cm³/mol. The average Bonchev–Trinajstić information content (AvgIpc) is 2.61. The van der Waals surface area contributed by atoms with E-state index in [0.717, 1.165) is 5.56 Å². The molecular weight excluding hydrogens is 358 g/mol. The fraction of sp³-hybridized carbons (Fsp3) is 0.222. The second kappa shape index (κ2) is 9.39. The Kier molecular flexibility index (Phi) is 6.94. The normalized spacial score (nSPS) is 9.77. The molecule has 1 aromatic heterocycles. The highest BCUT2D eigenvalue weighted by Gasteiger charge is 2.15. The van der Waals surface area contributed by atoms with Gasteiger partial charge in [-0.2, -0.15) is 0 Å². The number of nitrogens with one attached hydrogen (secondary N) is 1. The minimum atomic E-state index is -0.607. The van der Waals surface area contributed by atoms with Crippen LogP contribution in [-0.4, -0.2) is 22.5 Å². The molecule has 7 nitrogen and oxygen atoms in total. The topological polar surface area (TPSA) is 94.4 Å². The molecule has 0 aliphatic carbocycles. The molecule has 26 heavy (non-hydrogen) atoms. The number of nitro groups is 1. The lowest BCUT2D eigenvalue weighted by Crippen LogP contribution is -2.24. The highest BCUT2D eigenvalue weighted by Crippen LogP contribution is 2.24. The zero-order chi connectivity index (χ0) is 18.9. The lowest BCUT2D eigenvalue weighted by atomic mass is 10.2. The first kappa shape index (κ1) is 19.2. The number of pyridine rings is 1. The zero-order valence-corrected chi connectivity index (χ0v) is 14.7. The quantitative estimate of drug-likeness (QED) is 0.284. The summed E-state index contributed by atoms with van der Waals surface area (Å²) in [7, 11) is 0. The van der Waals surface area contributed by atoms with E-state index >= 15 is 0 Å². The Morgan fingerprint density at radius 3 is 2.81 bits per heavy atom. The van der Waals surface area contributed by atoms with Crippen LogP contribution in [0.15, 0.2) is 36.4 Å². The number of aryl methyl sites for hydroxylation is 1.